The Labute approximate surface area is 202 Å². The Bertz CT molecular complexity index is 1270. The van der Waals surface area contributed by atoms with Crippen LogP contribution in [0.2, 0.25) is 0 Å². The van der Waals surface area contributed by atoms with Crippen LogP contribution in [0.5, 0.6) is 0 Å². The summed E-state index contributed by atoms with van der Waals surface area (Å²) in [4.78, 5) is 42.1. The van der Waals surface area contributed by atoms with Crippen molar-refractivity contribution < 1.29 is 42.0 Å². The van der Waals surface area contributed by atoms with Crippen LogP contribution < -0.4 is 10.3 Å². The van der Waals surface area contributed by atoms with Crippen molar-refractivity contribution in [3.05, 3.63) is 48.5 Å². The number of hydrazone groups is 1. The van der Waals surface area contributed by atoms with Crippen LogP contribution in [-0.4, -0.2) is 81.1 Å². The SMILES string of the molecule is O=C(O)C1=NN(c2ccc(S(=O)(=O)O)cc2)C(=O)C1N=Nc1cccc(P(=O)(O)O)c1.[Na]. The monoisotopic (exact) mass is 491 g/mol. The maximum absolute atomic E-state index is 12.7. The molecule has 1 aliphatic heterocycles. The Morgan fingerprint density at radius 3 is 2.28 bits per heavy atom. The number of rotatable bonds is 6. The van der Waals surface area contributed by atoms with Crippen molar-refractivity contribution in [1.29, 1.82) is 0 Å². The fourth-order valence-electron chi connectivity index (χ4n) is 2.51. The van der Waals surface area contributed by atoms with Gasteiger partial charge in [0, 0.05) is 29.6 Å². The molecule has 4 N–H and O–H groups in total. The van der Waals surface area contributed by atoms with E-state index in [1.54, 1.807) is 0 Å². The molecule has 0 bridgehead atoms. The number of aliphatic carboxylic acids is 1. The van der Waals surface area contributed by atoms with E-state index < -0.39 is 46.2 Å². The van der Waals surface area contributed by atoms with Crippen LogP contribution in [0.25, 0.3) is 0 Å². The van der Waals surface area contributed by atoms with Crippen molar-refractivity contribution in [3.63, 3.8) is 0 Å². The zero-order chi connectivity index (χ0) is 23.0. The van der Waals surface area contributed by atoms with Gasteiger partial charge in [0.15, 0.2) is 5.71 Å². The van der Waals surface area contributed by atoms with Crippen molar-refractivity contribution in [1.82, 2.24) is 0 Å². The summed E-state index contributed by atoms with van der Waals surface area (Å²) < 4.78 is 42.6. The maximum atomic E-state index is 12.7. The molecule has 163 valence electrons. The first-order valence-corrected chi connectivity index (χ1v) is 11.2. The molecule has 0 fully saturated rings. The van der Waals surface area contributed by atoms with Crippen LogP contribution in [0.1, 0.15) is 0 Å². The third-order valence-corrected chi connectivity index (χ3v) is 5.78. The normalized spacial score (nSPS) is 16.7. The molecule has 1 amide bonds. The van der Waals surface area contributed by atoms with E-state index >= 15 is 0 Å². The van der Waals surface area contributed by atoms with Gasteiger partial charge in [-0.15, -0.1) is 0 Å². The third kappa shape index (κ3) is 5.74. The van der Waals surface area contributed by atoms with E-state index in [2.05, 4.69) is 15.3 Å². The fourth-order valence-corrected chi connectivity index (χ4v) is 3.57. The third-order valence-electron chi connectivity index (χ3n) is 3.96. The first-order chi connectivity index (χ1) is 14.4. The smallest absolute Gasteiger partial charge is 0.356 e. The van der Waals surface area contributed by atoms with Crippen LogP contribution >= 0.6 is 7.60 Å². The van der Waals surface area contributed by atoms with Crippen molar-refractivity contribution in [2.45, 2.75) is 10.9 Å². The molecule has 16 heteroatoms. The van der Waals surface area contributed by atoms with Gasteiger partial charge in [-0.3, -0.25) is 13.9 Å². The quantitative estimate of drug-likeness (QED) is 0.189. The van der Waals surface area contributed by atoms with Crippen LogP contribution in [0.15, 0.2) is 68.8 Å². The van der Waals surface area contributed by atoms with Gasteiger partial charge in [-0.05, 0) is 42.5 Å². The second kappa shape index (κ2) is 9.68. The summed E-state index contributed by atoms with van der Waals surface area (Å²) in [5.41, 5.74) is -0.689. The van der Waals surface area contributed by atoms with Gasteiger partial charge in [0.05, 0.1) is 21.6 Å². The summed E-state index contributed by atoms with van der Waals surface area (Å²) in [5, 5.41) is 20.7. The summed E-state index contributed by atoms with van der Waals surface area (Å²) in [6.45, 7) is 0. The average Bonchev–Trinajstić information content (AvgIpc) is 3.02. The number of carboxylic acids is 1. The zero-order valence-corrected chi connectivity index (χ0v) is 19.9. The van der Waals surface area contributed by atoms with Crippen LogP contribution in [0, 0.1) is 0 Å². The van der Waals surface area contributed by atoms with Crippen molar-refractivity contribution >= 4 is 81.5 Å². The minimum absolute atomic E-state index is 0. The van der Waals surface area contributed by atoms with E-state index in [1.165, 1.54) is 18.2 Å². The Morgan fingerprint density at radius 2 is 1.75 bits per heavy atom. The average molecular weight is 491 g/mol. The Morgan fingerprint density at radius 1 is 1.12 bits per heavy atom. The van der Waals surface area contributed by atoms with Gasteiger partial charge in [0.2, 0.25) is 6.04 Å². The minimum atomic E-state index is -4.56. The minimum Gasteiger partial charge on any atom is -0.477 e. The standard InChI is InChI=1S/C16H13N4O9PS.Na/c21-15-13(18-17-9-2-1-3-11(8-9)30(24,25)26)14(16(22)23)19-20(15)10-4-6-12(7-5-10)31(27,28)29;/h1-8,13H,(H,22,23)(H2,24,25,26)(H,27,28,29);. The molecule has 0 aliphatic carbocycles. The van der Waals surface area contributed by atoms with Gasteiger partial charge in [-0.2, -0.15) is 28.8 Å². The van der Waals surface area contributed by atoms with E-state index in [1.807, 2.05) is 0 Å². The number of azo groups is 1. The Kier molecular flexibility index (Phi) is 7.86. The number of amides is 1. The first kappa shape index (κ1) is 26.0. The zero-order valence-electron chi connectivity index (χ0n) is 16.2. The predicted octanol–water partition coefficient (Wildman–Crippen LogP) is 0.295. The first-order valence-electron chi connectivity index (χ1n) is 8.18. The number of nitrogens with zero attached hydrogens (tertiary/aromatic N) is 4. The molecule has 32 heavy (non-hydrogen) atoms. The molecular formula is C16H13N4NaO9PS. The van der Waals surface area contributed by atoms with Crippen molar-refractivity contribution in [3.8, 4) is 0 Å². The summed E-state index contributed by atoms with van der Waals surface area (Å²) in [6.07, 6.45) is 0. The topological polar surface area (TPSA) is 207 Å². The van der Waals surface area contributed by atoms with Crippen molar-refractivity contribution in [2.75, 3.05) is 5.01 Å². The van der Waals surface area contributed by atoms with E-state index in [0.29, 0.717) is 5.01 Å². The van der Waals surface area contributed by atoms with E-state index in [9.17, 15) is 37.5 Å². The van der Waals surface area contributed by atoms with Crippen molar-refractivity contribution in [2.24, 2.45) is 15.3 Å². The molecule has 0 saturated heterocycles. The van der Waals surface area contributed by atoms with E-state index in [-0.39, 0.29) is 46.2 Å². The van der Waals surface area contributed by atoms with Gasteiger partial charge in [0.25, 0.3) is 16.0 Å². The van der Waals surface area contributed by atoms with Gasteiger partial charge < -0.3 is 14.9 Å². The summed E-state index contributed by atoms with van der Waals surface area (Å²) >= 11 is 0. The number of carbonyl (C=O) groups excluding carboxylic acids is 1. The van der Waals surface area contributed by atoms with Crippen LogP contribution in [-0.2, 0) is 24.3 Å². The van der Waals surface area contributed by atoms with Gasteiger partial charge >= 0.3 is 13.6 Å². The molecule has 1 heterocycles. The number of carboxylic acid groups (broad SMARTS) is 1. The molecule has 2 aromatic rings. The molecule has 1 atom stereocenters. The molecule has 0 spiro atoms. The second-order valence-electron chi connectivity index (χ2n) is 6.09. The van der Waals surface area contributed by atoms with E-state index in [4.69, 9.17) is 4.55 Å². The fraction of sp³-hybridized carbons (Fsp3) is 0.0625. The number of hydrogen-bond acceptors (Lipinski definition) is 8. The van der Waals surface area contributed by atoms with Gasteiger partial charge in [-0.25, -0.2) is 4.79 Å². The number of hydrogen-bond donors (Lipinski definition) is 4. The molecule has 0 saturated carbocycles. The Balaban J connectivity index is 0.00000363. The number of carbonyl (C=O) groups is 2. The summed E-state index contributed by atoms with van der Waals surface area (Å²) in [6, 6.07) is 7.44. The number of anilines is 1. The van der Waals surface area contributed by atoms with Crippen LogP contribution in [0.3, 0.4) is 0 Å². The Hall–Kier alpha value is -2.29. The molecule has 0 aromatic heterocycles. The molecule has 2 aromatic carbocycles. The maximum Gasteiger partial charge on any atom is 0.356 e. The molecule has 13 nitrogen and oxygen atoms in total. The molecule has 1 unspecified atom stereocenters. The molecular weight excluding hydrogens is 478 g/mol. The molecule has 3 rings (SSSR count). The van der Waals surface area contributed by atoms with Crippen LogP contribution in [0.4, 0.5) is 11.4 Å². The molecule has 1 aliphatic rings. The summed E-state index contributed by atoms with van der Waals surface area (Å²) in [5.74, 6) is -2.47. The summed E-state index contributed by atoms with van der Waals surface area (Å²) in [7, 11) is -9.02. The predicted molar refractivity (Wildman–Crippen MR) is 111 cm³/mol. The largest absolute Gasteiger partial charge is 0.477 e. The second-order valence-corrected chi connectivity index (χ2v) is 9.12. The van der Waals surface area contributed by atoms with Gasteiger partial charge in [0.1, 0.15) is 0 Å². The van der Waals surface area contributed by atoms with Gasteiger partial charge in [-0.1, -0.05) is 6.07 Å². The number of benzene rings is 2. The van der Waals surface area contributed by atoms with E-state index in [0.717, 1.165) is 30.3 Å². The molecule has 1 radical (unpaired) electrons.